The summed E-state index contributed by atoms with van der Waals surface area (Å²) in [4.78, 5) is 36.3. The van der Waals surface area contributed by atoms with Crippen LogP contribution in [0.3, 0.4) is 0 Å². The average Bonchev–Trinajstić information content (AvgIpc) is 3.03. The SMILES string of the molecule is CCC(C(=O)O)c1ccc(Cl)nc1.O=C(O)Cc1ccc(-c2ccc(N3CCC(Oc4ccccc4C(F)(F)F)CC3)nc2)nc1. The maximum atomic E-state index is 13.2. The molecule has 1 saturated heterocycles. The third-order valence-electron chi connectivity index (χ3n) is 7.33. The molecule has 0 amide bonds. The molecule has 1 aromatic carbocycles. The second-order valence-corrected chi connectivity index (χ2v) is 10.9. The van der Waals surface area contributed by atoms with Crippen molar-refractivity contribution in [1.82, 2.24) is 15.0 Å². The zero-order chi connectivity index (χ0) is 33.3. The van der Waals surface area contributed by atoms with E-state index < -0.39 is 29.6 Å². The van der Waals surface area contributed by atoms with Crippen LogP contribution in [0, 0.1) is 0 Å². The predicted molar refractivity (Wildman–Crippen MR) is 166 cm³/mol. The average molecular weight is 657 g/mol. The number of carboxylic acids is 2. The van der Waals surface area contributed by atoms with Crippen LogP contribution in [0.25, 0.3) is 11.3 Å². The van der Waals surface area contributed by atoms with E-state index in [-0.39, 0.29) is 18.3 Å². The molecule has 4 aromatic rings. The number of aliphatic carboxylic acids is 2. The molecular weight excluding hydrogens is 625 g/mol. The number of halogens is 4. The molecule has 9 nitrogen and oxygen atoms in total. The number of para-hydroxylation sites is 1. The van der Waals surface area contributed by atoms with Gasteiger partial charge >= 0.3 is 18.1 Å². The molecule has 0 aliphatic carbocycles. The van der Waals surface area contributed by atoms with Gasteiger partial charge in [-0.1, -0.05) is 42.8 Å². The molecule has 2 N–H and O–H groups in total. The van der Waals surface area contributed by atoms with Crippen molar-refractivity contribution < 1.29 is 37.7 Å². The summed E-state index contributed by atoms with van der Waals surface area (Å²) in [5.41, 5.74) is 2.06. The minimum atomic E-state index is -4.45. The first-order chi connectivity index (χ1) is 21.9. The Labute approximate surface area is 268 Å². The quantitative estimate of drug-likeness (QED) is 0.181. The summed E-state index contributed by atoms with van der Waals surface area (Å²) < 4.78 is 45.3. The number of rotatable bonds is 9. The van der Waals surface area contributed by atoms with Gasteiger partial charge in [-0.3, -0.25) is 14.6 Å². The number of hydrogen-bond donors (Lipinski definition) is 2. The zero-order valence-electron chi connectivity index (χ0n) is 24.8. The minimum absolute atomic E-state index is 0.0775. The fourth-order valence-corrected chi connectivity index (χ4v) is 5.04. The van der Waals surface area contributed by atoms with E-state index in [2.05, 4.69) is 19.9 Å². The van der Waals surface area contributed by atoms with E-state index in [9.17, 15) is 22.8 Å². The summed E-state index contributed by atoms with van der Waals surface area (Å²) in [6.45, 7) is 3.06. The molecule has 1 aliphatic heterocycles. The van der Waals surface area contributed by atoms with Crippen molar-refractivity contribution in [3.8, 4) is 17.0 Å². The third-order valence-corrected chi connectivity index (χ3v) is 7.56. The molecule has 46 heavy (non-hydrogen) atoms. The highest BCUT2D eigenvalue weighted by molar-refractivity contribution is 6.29. The van der Waals surface area contributed by atoms with Crippen molar-refractivity contribution >= 4 is 29.4 Å². The maximum Gasteiger partial charge on any atom is 0.419 e. The molecule has 5 rings (SSSR count). The van der Waals surface area contributed by atoms with Gasteiger partial charge in [0.15, 0.2) is 0 Å². The van der Waals surface area contributed by atoms with Gasteiger partial charge in [0.2, 0.25) is 0 Å². The molecule has 1 fully saturated rings. The predicted octanol–water partition coefficient (Wildman–Crippen LogP) is 7.15. The van der Waals surface area contributed by atoms with Crippen molar-refractivity contribution in [3.05, 3.63) is 101 Å². The van der Waals surface area contributed by atoms with Crippen LogP contribution in [-0.2, 0) is 22.2 Å². The largest absolute Gasteiger partial charge is 0.490 e. The lowest BCUT2D eigenvalue weighted by Crippen LogP contribution is -2.38. The van der Waals surface area contributed by atoms with Gasteiger partial charge in [-0.25, -0.2) is 9.97 Å². The van der Waals surface area contributed by atoms with Crippen LogP contribution in [0.5, 0.6) is 5.75 Å². The molecule has 0 saturated carbocycles. The number of ether oxygens (including phenoxy) is 1. The molecule has 13 heteroatoms. The standard InChI is InChI=1S/C24H22F3N3O3.C9H10ClNO2/c25-24(26,27)19-3-1-2-4-21(19)33-18-9-11-30(12-10-18)22-8-6-17(15-29-22)20-7-5-16(14-28-20)13-23(31)32;1-2-7(9(12)13)6-3-4-8(10)11-5-6/h1-8,14-15,18H,9-13H2,(H,31,32);3-5,7H,2H2,1H3,(H,12,13). The smallest absolute Gasteiger partial charge is 0.419 e. The molecular formula is C33H32ClF3N4O5. The van der Waals surface area contributed by atoms with Crippen LogP contribution in [0.4, 0.5) is 19.0 Å². The number of nitrogens with zero attached hydrogens (tertiary/aromatic N) is 4. The normalized spacial score (nSPS) is 14.2. The van der Waals surface area contributed by atoms with Crippen LogP contribution in [0.1, 0.15) is 48.8 Å². The Kier molecular flexibility index (Phi) is 11.5. The lowest BCUT2D eigenvalue weighted by molar-refractivity contribution is -0.140. The van der Waals surface area contributed by atoms with Crippen molar-refractivity contribution in [2.45, 2.75) is 50.8 Å². The van der Waals surface area contributed by atoms with Crippen molar-refractivity contribution in [2.24, 2.45) is 0 Å². The van der Waals surface area contributed by atoms with E-state index in [1.807, 2.05) is 19.1 Å². The molecule has 242 valence electrons. The Morgan fingerprint density at radius 1 is 0.957 bits per heavy atom. The number of alkyl halides is 3. The molecule has 0 spiro atoms. The van der Waals surface area contributed by atoms with Gasteiger partial charge in [0, 0.05) is 50.1 Å². The number of piperidine rings is 1. The fraction of sp³-hybridized carbons (Fsp3) is 0.303. The topological polar surface area (TPSA) is 126 Å². The Balaban J connectivity index is 0.000000310. The van der Waals surface area contributed by atoms with Gasteiger partial charge in [-0.05, 0) is 53.9 Å². The van der Waals surface area contributed by atoms with Gasteiger partial charge in [-0.2, -0.15) is 13.2 Å². The molecule has 0 radical (unpaired) electrons. The highest BCUT2D eigenvalue weighted by Gasteiger charge is 2.35. The van der Waals surface area contributed by atoms with E-state index in [0.717, 1.165) is 17.4 Å². The van der Waals surface area contributed by atoms with Crippen molar-refractivity contribution in [1.29, 1.82) is 0 Å². The Morgan fingerprint density at radius 2 is 1.70 bits per heavy atom. The first kappa shape index (κ1) is 34.2. The number of aromatic nitrogens is 3. The van der Waals surface area contributed by atoms with E-state index in [1.54, 1.807) is 42.7 Å². The van der Waals surface area contributed by atoms with Crippen LogP contribution < -0.4 is 9.64 Å². The monoisotopic (exact) mass is 656 g/mol. The van der Waals surface area contributed by atoms with Crippen molar-refractivity contribution in [3.63, 3.8) is 0 Å². The van der Waals surface area contributed by atoms with Gasteiger partial charge in [0.05, 0.1) is 23.6 Å². The Hall–Kier alpha value is -4.71. The minimum Gasteiger partial charge on any atom is -0.490 e. The number of pyridine rings is 3. The van der Waals surface area contributed by atoms with E-state index in [0.29, 0.717) is 54.3 Å². The van der Waals surface area contributed by atoms with E-state index >= 15 is 0 Å². The van der Waals surface area contributed by atoms with E-state index in [4.69, 9.17) is 26.6 Å². The molecule has 1 aliphatic rings. The van der Waals surface area contributed by atoms with Crippen LogP contribution in [-0.4, -0.2) is 56.3 Å². The summed E-state index contributed by atoms with van der Waals surface area (Å²) >= 11 is 5.58. The lowest BCUT2D eigenvalue weighted by atomic mass is 9.99. The molecule has 1 atom stereocenters. The van der Waals surface area contributed by atoms with Crippen LogP contribution in [0.2, 0.25) is 5.15 Å². The van der Waals surface area contributed by atoms with Gasteiger partial charge in [0.1, 0.15) is 22.8 Å². The number of carbonyl (C=O) groups is 2. The number of carboxylic acid groups (broad SMARTS) is 2. The number of anilines is 1. The Morgan fingerprint density at radius 3 is 2.24 bits per heavy atom. The first-order valence-corrected chi connectivity index (χ1v) is 14.9. The summed E-state index contributed by atoms with van der Waals surface area (Å²) in [5.74, 6) is -1.58. The highest BCUT2D eigenvalue weighted by Crippen LogP contribution is 2.37. The summed E-state index contributed by atoms with van der Waals surface area (Å²) in [6, 6.07) is 15.8. The second-order valence-electron chi connectivity index (χ2n) is 10.5. The maximum absolute atomic E-state index is 13.2. The van der Waals surface area contributed by atoms with Crippen molar-refractivity contribution in [2.75, 3.05) is 18.0 Å². The van der Waals surface area contributed by atoms with E-state index in [1.165, 1.54) is 18.3 Å². The highest BCUT2D eigenvalue weighted by atomic mass is 35.5. The lowest BCUT2D eigenvalue weighted by Gasteiger charge is -2.33. The first-order valence-electron chi connectivity index (χ1n) is 14.5. The summed E-state index contributed by atoms with van der Waals surface area (Å²) in [6.07, 6.45) is 1.65. The second kappa shape index (κ2) is 15.5. The molecule has 1 unspecified atom stereocenters. The van der Waals surface area contributed by atoms with Crippen LogP contribution in [0.15, 0.2) is 79.3 Å². The summed E-state index contributed by atoms with van der Waals surface area (Å²) in [5, 5.41) is 18.1. The zero-order valence-corrected chi connectivity index (χ0v) is 25.6. The van der Waals surface area contributed by atoms with Gasteiger partial charge in [-0.15, -0.1) is 0 Å². The fourth-order valence-electron chi connectivity index (χ4n) is 4.93. The molecule has 3 aromatic heterocycles. The third kappa shape index (κ3) is 9.40. The molecule has 4 heterocycles. The number of hydrogen-bond acceptors (Lipinski definition) is 7. The number of benzene rings is 1. The van der Waals surface area contributed by atoms with Gasteiger partial charge < -0.3 is 19.8 Å². The Bertz CT molecular complexity index is 1600. The van der Waals surface area contributed by atoms with Crippen LogP contribution >= 0.6 is 11.6 Å². The molecule has 0 bridgehead atoms. The van der Waals surface area contributed by atoms with Gasteiger partial charge in [0.25, 0.3) is 0 Å². The summed E-state index contributed by atoms with van der Waals surface area (Å²) in [7, 11) is 0.